The van der Waals surface area contributed by atoms with E-state index < -0.39 is 5.97 Å². The molecule has 7 nitrogen and oxygen atoms in total. The van der Waals surface area contributed by atoms with Crippen LogP contribution in [0.4, 0.5) is 5.69 Å². The van der Waals surface area contributed by atoms with Crippen LogP contribution in [0.1, 0.15) is 12.8 Å². The number of carbonyl (C=O) groups is 2. The number of likely N-dealkylation sites (tertiary alicyclic amines) is 1. The number of anilines is 1. The second-order valence-corrected chi connectivity index (χ2v) is 4.94. The summed E-state index contributed by atoms with van der Waals surface area (Å²) in [4.78, 5) is 28.6. The van der Waals surface area contributed by atoms with Crippen molar-refractivity contribution in [2.24, 2.45) is 5.92 Å². The molecule has 21 heavy (non-hydrogen) atoms. The Bertz CT molecular complexity index is 495. The lowest BCUT2D eigenvalue weighted by atomic mass is 9.97. The molecular weight excluding hydrogens is 274 g/mol. The highest BCUT2D eigenvalue weighted by Gasteiger charge is 2.26. The molecule has 0 atom stereocenters. The maximum absolute atomic E-state index is 12.0. The summed E-state index contributed by atoms with van der Waals surface area (Å²) in [5.74, 6) is -0.616. The summed E-state index contributed by atoms with van der Waals surface area (Å²) >= 11 is 0. The molecular formula is C14H19N3O4. The van der Waals surface area contributed by atoms with Gasteiger partial charge in [-0.25, -0.2) is 4.98 Å². The normalized spacial score (nSPS) is 15.6. The smallest absolute Gasteiger partial charge is 0.306 e. The van der Waals surface area contributed by atoms with Crippen molar-refractivity contribution in [1.82, 2.24) is 9.88 Å². The Morgan fingerprint density at radius 2 is 2.14 bits per heavy atom. The lowest BCUT2D eigenvalue weighted by molar-refractivity contribution is -0.145. The fourth-order valence-electron chi connectivity index (χ4n) is 2.27. The van der Waals surface area contributed by atoms with E-state index in [-0.39, 0.29) is 18.4 Å². The van der Waals surface area contributed by atoms with Gasteiger partial charge >= 0.3 is 5.97 Å². The van der Waals surface area contributed by atoms with Crippen LogP contribution in [0.3, 0.4) is 0 Å². The van der Waals surface area contributed by atoms with Gasteiger partial charge in [0, 0.05) is 19.2 Å². The number of carbonyl (C=O) groups excluding carboxylic acids is 1. The first-order valence-corrected chi connectivity index (χ1v) is 6.84. The summed E-state index contributed by atoms with van der Waals surface area (Å²) < 4.78 is 4.96. The molecule has 0 spiro atoms. The van der Waals surface area contributed by atoms with Gasteiger partial charge in [-0.3, -0.25) is 9.59 Å². The number of methoxy groups -OCH3 is 1. The highest BCUT2D eigenvalue weighted by atomic mass is 16.5. The largest absolute Gasteiger partial charge is 0.481 e. The van der Waals surface area contributed by atoms with Gasteiger partial charge in [0.2, 0.25) is 11.8 Å². The second-order valence-electron chi connectivity index (χ2n) is 4.94. The number of pyridine rings is 1. The van der Waals surface area contributed by atoms with Crippen molar-refractivity contribution in [3.8, 4) is 5.88 Å². The molecule has 1 aromatic heterocycles. The predicted octanol–water partition coefficient (Wildman–Crippen LogP) is 0.825. The summed E-state index contributed by atoms with van der Waals surface area (Å²) in [7, 11) is 1.54. The van der Waals surface area contributed by atoms with Crippen LogP contribution in [0.25, 0.3) is 0 Å². The number of hydrogen-bond donors (Lipinski definition) is 2. The van der Waals surface area contributed by atoms with Crippen molar-refractivity contribution in [3.63, 3.8) is 0 Å². The molecule has 0 aliphatic carbocycles. The van der Waals surface area contributed by atoms with Crippen LogP contribution in [0.15, 0.2) is 18.3 Å². The zero-order valence-electron chi connectivity index (χ0n) is 11.9. The Kier molecular flexibility index (Phi) is 4.97. The maximum atomic E-state index is 12.0. The van der Waals surface area contributed by atoms with Crippen LogP contribution in [-0.2, 0) is 9.59 Å². The molecule has 1 amide bonds. The zero-order valence-corrected chi connectivity index (χ0v) is 11.9. The molecule has 0 aromatic carbocycles. The number of aliphatic carboxylic acids is 1. The molecule has 114 valence electrons. The number of piperidine rings is 1. The number of aromatic nitrogens is 1. The fraction of sp³-hybridized carbons (Fsp3) is 0.500. The van der Waals surface area contributed by atoms with Gasteiger partial charge in [-0.2, -0.15) is 0 Å². The van der Waals surface area contributed by atoms with E-state index >= 15 is 0 Å². The number of carboxylic acid groups (broad SMARTS) is 1. The number of rotatable bonds is 5. The summed E-state index contributed by atoms with van der Waals surface area (Å²) in [5, 5.41) is 11.9. The van der Waals surface area contributed by atoms with Crippen LogP contribution in [-0.4, -0.2) is 53.6 Å². The van der Waals surface area contributed by atoms with Crippen molar-refractivity contribution in [2.75, 3.05) is 32.1 Å². The average molecular weight is 293 g/mol. The van der Waals surface area contributed by atoms with Crippen molar-refractivity contribution in [3.05, 3.63) is 18.3 Å². The van der Waals surface area contributed by atoms with E-state index in [1.54, 1.807) is 30.3 Å². The standard InChI is InChI=1S/C14H19N3O4/c1-21-12-3-2-11(8-16-12)15-9-13(18)17-6-4-10(5-7-17)14(19)20/h2-3,8,10,15H,4-7,9H2,1H3,(H,19,20). The molecule has 0 unspecified atom stereocenters. The zero-order chi connectivity index (χ0) is 15.2. The third kappa shape index (κ3) is 4.08. The Morgan fingerprint density at radius 1 is 1.43 bits per heavy atom. The molecule has 0 saturated carbocycles. The first-order chi connectivity index (χ1) is 10.1. The van der Waals surface area contributed by atoms with Gasteiger partial charge in [0.25, 0.3) is 0 Å². The maximum Gasteiger partial charge on any atom is 0.306 e. The van der Waals surface area contributed by atoms with E-state index in [4.69, 9.17) is 9.84 Å². The van der Waals surface area contributed by atoms with Crippen molar-refractivity contribution < 1.29 is 19.4 Å². The molecule has 1 aliphatic rings. The lowest BCUT2D eigenvalue weighted by Gasteiger charge is -2.30. The summed E-state index contributed by atoms with van der Waals surface area (Å²) in [5.41, 5.74) is 0.740. The fourth-order valence-corrected chi connectivity index (χ4v) is 2.27. The molecule has 2 heterocycles. The summed E-state index contributed by atoms with van der Waals surface area (Å²) in [6.45, 7) is 1.17. The highest BCUT2D eigenvalue weighted by Crippen LogP contribution is 2.17. The van der Waals surface area contributed by atoms with Crippen LogP contribution in [0, 0.1) is 5.92 Å². The summed E-state index contributed by atoms with van der Waals surface area (Å²) in [6, 6.07) is 3.50. The molecule has 2 N–H and O–H groups in total. The number of ether oxygens (including phenoxy) is 1. The SMILES string of the molecule is COc1ccc(NCC(=O)N2CCC(C(=O)O)CC2)cn1. The van der Waals surface area contributed by atoms with Crippen LogP contribution in [0.2, 0.25) is 0 Å². The Hall–Kier alpha value is -2.31. The molecule has 0 radical (unpaired) electrons. The molecule has 0 bridgehead atoms. The Morgan fingerprint density at radius 3 is 2.67 bits per heavy atom. The van der Waals surface area contributed by atoms with E-state index in [0.717, 1.165) is 5.69 Å². The first kappa shape index (κ1) is 15.1. The van der Waals surface area contributed by atoms with E-state index in [2.05, 4.69) is 10.3 Å². The number of nitrogens with zero attached hydrogens (tertiary/aromatic N) is 2. The lowest BCUT2D eigenvalue weighted by Crippen LogP contribution is -2.42. The molecule has 7 heteroatoms. The third-order valence-corrected chi connectivity index (χ3v) is 3.59. The van der Waals surface area contributed by atoms with Gasteiger partial charge in [-0.1, -0.05) is 0 Å². The van der Waals surface area contributed by atoms with Gasteiger partial charge in [0.1, 0.15) is 0 Å². The van der Waals surface area contributed by atoms with Crippen molar-refractivity contribution in [1.29, 1.82) is 0 Å². The van der Waals surface area contributed by atoms with Gasteiger partial charge in [-0.15, -0.1) is 0 Å². The van der Waals surface area contributed by atoms with Crippen molar-refractivity contribution >= 4 is 17.6 Å². The predicted molar refractivity (Wildman–Crippen MR) is 76.2 cm³/mol. The monoisotopic (exact) mass is 293 g/mol. The minimum Gasteiger partial charge on any atom is -0.481 e. The molecule has 1 aliphatic heterocycles. The van der Waals surface area contributed by atoms with Gasteiger partial charge in [0.05, 0.1) is 31.5 Å². The quantitative estimate of drug-likeness (QED) is 0.835. The number of hydrogen-bond acceptors (Lipinski definition) is 5. The van der Waals surface area contributed by atoms with Crippen LogP contribution in [0.5, 0.6) is 5.88 Å². The number of carboxylic acids is 1. The minimum absolute atomic E-state index is 0.0327. The van der Waals surface area contributed by atoms with Crippen molar-refractivity contribution in [2.45, 2.75) is 12.8 Å². The van der Waals surface area contributed by atoms with Crippen LogP contribution < -0.4 is 10.1 Å². The van der Waals surface area contributed by atoms with E-state index in [9.17, 15) is 9.59 Å². The second kappa shape index (κ2) is 6.92. The number of nitrogens with one attached hydrogen (secondary N) is 1. The minimum atomic E-state index is -0.774. The molecule has 1 saturated heterocycles. The average Bonchev–Trinajstić information content (AvgIpc) is 2.53. The third-order valence-electron chi connectivity index (χ3n) is 3.59. The van der Waals surface area contributed by atoms with E-state index in [1.807, 2.05) is 0 Å². The van der Waals surface area contributed by atoms with E-state index in [0.29, 0.717) is 31.8 Å². The van der Waals surface area contributed by atoms with Gasteiger partial charge < -0.3 is 20.1 Å². The van der Waals surface area contributed by atoms with Gasteiger partial charge in [-0.05, 0) is 18.9 Å². The first-order valence-electron chi connectivity index (χ1n) is 6.84. The van der Waals surface area contributed by atoms with Gasteiger partial charge in [0.15, 0.2) is 0 Å². The van der Waals surface area contributed by atoms with Crippen LogP contribution >= 0.6 is 0 Å². The number of amides is 1. The summed E-state index contributed by atoms with van der Waals surface area (Å²) in [6.07, 6.45) is 2.64. The van der Waals surface area contributed by atoms with E-state index in [1.165, 1.54) is 0 Å². The Balaban J connectivity index is 1.78. The molecule has 1 aromatic rings. The Labute approximate surface area is 122 Å². The highest BCUT2D eigenvalue weighted by molar-refractivity contribution is 5.81. The molecule has 2 rings (SSSR count). The molecule has 1 fully saturated rings. The topological polar surface area (TPSA) is 91.8 Å².